The zero-order chi connectivity index (χ0) is 10.5. The molecule has 3 heteroatoms. The number of hydrogen-bond acceptors (Lipinski definition) is 3. The summed E-state index contributed by atoms with van der Waals surface area (Å²) in [5.41, 5.74) is 0. The zero-order valence-electron chi connectivity index (χ0n) is 9.46. The van der Waals surface area contributed by atoms with Crippen molar-refractivity contribution in [1.82, 2.24) is 10.3 Å². The normalized spacial score (nSPS) is 19.0. The molecule has 0 amide bonds. The molecule has 1 aliphatic carbocycles. The first-order chi connectivity index (χ1) is 7.40. The maximum absolute atomic E-state index is 5.75. The van der Waals surface area contributed by atoms with E-state index in [4.69, 9.17) is 4.42 Å². The van der Waals surface area contributed by atoms with Crippen LogP contribution in [0.5, 0.6) is 0 Å². The average Bonchev–Trinajstić information content (AvgIpc) is 2.53. The highest BCUT2D eigenvalue weighted by Crippen LogP contribution is 2.31. The van der Waals surface area contributed by atoms with Gasteiger partial charge in [0.05, 0.1) is 12.7 Å². The monoisotopic (exact) mass is 208 g/mol. The quantitative estimate of drug-likeness (QED) is 0.776. The van der Waals surface area contributed by atoms with E-state index in [0.717, 1.165) is 18.2 Å². The molecule has 1 aliphatic rings. The Morgan fingerprint density at radius 1 is 1.33 bits per heavy atom. The fraction of sp³-hybridized carbons (Fsp3) is 0.750. The van der Waals surface area contributed by atoms with Crippen LogP contribution in [-0.4, -0.2) is 12.0 Å². The van der Waals surface area contributed by atoms with Gasteiger partial charge in [0, 0.05) is 5.92 Å². The van der Waals surface area contributed by atoms with Crippen molar-refractivity contribution in [2.45, 2.75) is 51.0 Å². The highest BCUT2D eigenvalue weighted by Gasteiger charge is 2.18. The summed E-state index contributed by atoms with van der Waals surface area (Å²) in [7, 11) is 1.91. The molecule has 0 aliphatic heterocycles. The number of aromatic nitrogens is 1. The van der Waals surface area contributed by atoms with E-state index >= 15 is 0 Å². The molecule has 0 atom stereocenters. The minimum Gasteiger partial charge on any atom is -0.444 e. The molecule has 84 valence electrons. The summed E-state index contributed by atoms with van der Waals surface area (Å²) < 4.78 is 5.75. The molecule has 3 nitrogen and oxygen atoms in total. The average molecular weight is 208 g/mol. The first-order valence-electron chi connectivity index (χ1n) is 5.99. The Morgan fingerprint density at radius 3 is 2.73 bits per heavy atom. The number of nitrogens with one attached hydrogen (secondary N) is 1. The second-order valence-corrected chi connectivity index (χ2v) is 4.38. The van der Waals surface area contributed by atoms with Crippen LogP contribution in [0, 0.1) is 0 Å². The molecular weight excluding hydrogens is 188 g/mol. The Kier molecular flexibility index (Phi) is 3.78. The van der Waals surface area contributed by atoms with E-state index in [1.165, 1.54) is 38.5 Å². The molecule has 1 heterocycles. The molecule has 0 spiro atoms. The molecule has 2 rings (SSSR count). The van der Waals surface area contributed by atoms with Gasteiger partial charge in [-0.2, -0.15) is 0 Å². The molecule has 0 bridgehead atoms. The van der Waals surface area contributed by atoms with E-state index in [0.29, 0.717) is 5.92 Å². The van der Waals surface area contributed by atoms with Gasteiger partial charge in [-0.25, -0.2) is 4.98 Å². The van der Waals surface area contributed by atoms with Crippen molar-refractivity contribution in [2.24, 2.45) is 0 Å². The van der Waals surface area contributed by atoms with Crippen LogP contribution < -0.4 is 5.32 Å². The van der Waals surface area contributed by atoms with Crippen LogP contribution in [0.2, 0.25) is 0 Å². The Bertz CT molecular complexity index is 288. The Balaban J connectivity index is 2.00. The Morgan fingerprint density at radius 2 is 2.07 bits per heavy atom. The van der Waals surface area contributed by atoms with E-state index in [9.17, 15) is 0 Å². The van der Waals surface area contributed by atoms with Crippen molar-refractivity contribution in [3.63, 3.8) is 0 Å². The van der Waals surface area contributed by atoms with E-state index in [1.54, 1.807) is 0 Å². The van der Waals surface area contributed by atoms with Crippen molar-refractivity contribution in [3.8, 4) is 0 Å². The first kappa shape index (κ1) is 10.7. The maximum Gasteiger partial charge on any atom is 0.208 e. The third-order valence-corrected chi connectivity index (χ3v) is 3.16. The Hall–Kier alpha value is -0.830. The summed E-state index contributed by atoms with van der Waals surface area (Å²) in [6.07, 6.45) is 9.91. The van der Waals surface area contributed by atoms with Gasteiger partial charge in [0.25, 0.3) is 0 Å². The zero-order valence-corrected chi connectivity index (χ0v) is 9.46. The second-order valence-electron chi connectivity index (χ2n) is 4.38. The van der Waals surface area contributed by atoms with Gasteiger partial charge in [-0.3, -0.25) is 0 Å². The molecule has 0 unspecified atom stereocenters. The molecule has 0 saturated heterocycles. The Labute approximate surface area is 91.3 Å². The summed E-state index contributed by atoms with van der Waals surface area (Å²) in [4.78, 5) is 4.28. The highest BCUT2D eigenvalue weighted by molar-refractivity contribution is 5.02. The van der Waals surface area contributed by atoms with E-state index in [2.05, 4.69) is 10.3 Å². The van der Waals surface area contributed by atoms with E-state index in [1.807, 2.05) is 13.2 Å². The smallest absolute Gasteiger partial charge is 0.208 e. The third kappa shape index (κ3) is 2.81. The van der Waals surface area contributed by atoms with Crippen molar-refractivity contribution in [1.29, 1.82) is 0 Å². The fourth-order valence-electron chi connectivity index (χ4n) is 2.31. The third-order valence-electron chi connectivity index (χ3n) is 3.16. The number of oxazole rings is 1. The van der Waals surface area contributed by atoms with Gasteiger partial charge in [0.15, 0.2) is 0 Å². The highest BCUT2D eigenvalue weighted by atomic mass is 16.4. The largest absolute Gasteiger partial charge is 0.444 e. The van der Waals surface area contributed by atoms with Gasteiger partial charge in [0.2, 0.25) is 5.89 Å². The first-order valence-corrected chi connectivity index (χ1v) is 5.99. The van der Waals surface area contributed by atoms with Gasteiger partial charge in [-0.05, 0) is 19.9 Å². The minimum absolute atomic E-state index is 0.616. The van der Waals surface area contributed by atoms with Gasteiger partial charge in [0.1, 0.15) is 5.76 Å². The van der Waals surface area contributed by atoms with Crippen LogP contribution in [0.25, 0.3) is 0 Å². The van der Waals surface area contributed by atoms with Crippen molar-refractivity contribution in [3.05, 3.63) is 17.8 Å². The molecule has 1 saturated carbocycles. The fourth-order valence-corrected chi connectivity index (χ4v) is 2.31. The predicted molar refractivity (Wildman–Crippen MR) is 59.7 cm³/mol. The lowest BCUT2D eigenvalue weighted by Crippen LogP contribution is -2.04. The van der Waals surface area contributed by atoms with Crippen LogP contribution >= 0.6 is 0 Å². The minimum atomic E-state index is 0.616. The van der Waals surface area contributed by atoms with Crippen LogP contribution in [0.15, 0.2) is 10.6 Å². The molecule has 1 aromatic rings. The van der Waals surface area contributed by atoms with Crippen LogP contribution in [0.1, 0.15) is 56.1 Å². The number of rotatable bonds is 3. The molecular formula is C12H20N2O. The van der Waals surface area contributed by atoms with Gasteiger partial charge >= 0.3 is 0 Å². The van der Waals surface area contributed by atoms with Gasteiger partial charge in [-0.15, -0.1) is 0 Å². The number of nitrogens with zero attached hydrogens (tertiary/aromatic N) is 1. The van der Waals surface area contributed by atoms with Crippen LogP contribution in [-0.2, 0) is 6.54 Å². The van der Waals surface area contributed by atoms with Crippen molar-refractivity contribution in [2.75, 3.05) is 7.05 Å². The van der Waals surface area contributed by atoms with Crippen molar-refractivity contribution < 1.29 is 4.42 Å². The maximum atomic E-state index is 5.75. The van der Waals surface area contributed by atoms with Crippen LogP contribution in [0.4, 0.5) is 0 Å². The number of hydrogen-bond donors (Lipinski definition) is 1. The van der Waals surface area contributed by atoms with Crippen molar-refractivity contribution >= 4 is 0 Å². The molecule has 1 N–H and O–H groups in total. The van der Waals surface area contributed by atoms with E-state index in [-0.39, 0.29) is 0 Å². The molecule has 0 radical (unpaired) electrons. The SMILES string of the molecule is CNCc1ncc(C2CCCCCC2)o1. The van der Waals surface area contributed by atoms with Gasteiger partial charge in [-0.1, -0.05) is 25.7 Å². The van der Waals surface area contributed by atoms with Gasteiger partial charge < -0.3 is 9.73 Å². The summed E-state index contributed by atoms with van der Waals surface area (Å²) in [5.74, 6) is 2.53. The lowest BCUT2D eigenvalue weighted by Gasteiger charge is -2.09. The summed E-state index contributed by atoms with van der Waals surface area (Å²) >= 11 is 0. The topological polar surface area (TPSA) is 38.1 Å². The molecule has 15 heavy (non-hydrogen) atoms. The summed E-state index contributed by atoms with van der Waals surface area (Å²) in [6.45, 7) is 0.729. The molecule has 0 aromatic carbocycles. The lowest BCUT2D eigenvalue weighted by atomic mass is 9.98. The van der Waals surface area contributed by atoms with E-state index < -0.39 is 0 Å². The molecule has 1 fully saturated rings. The predicted octanol–water partition coefficient (Wildman–Crippen LogP) is 2.83. The lowest BCUT2D eigenvalue weighted by molar-refractivity contribution is 0.398. The standard InChI is InChI=1S/C12H20N2O/c1-13-9-12-14-8-11(15-12)10-6-4-2-3-5-7-10/h8,10,13H,2-7,9H2,1H3. The molecule has 1 aromatic heterocycles. The summed E-state index contributed by atoms with van der Waals surface area (Å²) in [6, 6.07) is 0. The summed E-state index contributed by atoms with van der Waals surface area (Å²) in [5, 5.41) is 3.06. The van der Waals surface area contributed by atoms with Crippen LogP contribution in [0.3, 0.4) is 0 Å². The second kappa shape index (κ2) is 5.31.